The van der Waals surface area contributed by atoms with Gasteiger partial charge in [0.1, 0.15) is 11.5 Å². The van der Waals surface area contributed by atoms with E-state index in [9.17, 15) is 0 Å². The van der Waals surface area contributed by atoms with Crippen molar-refractivity contribution in [1.29, 1.82) is 0 Å². The molecule has 0 spiro atoms. The van der Waals surface area contributed by atoms with Crippen LogP contribution >= 0.6 is 11.6 Å². The number of aryl methyl sites for hydroxylation is 1. The number of halogens is 1. The van der Waals surface area contributed by atoms with Crippen molar-refractivity contribution in [2.75, 3.05) is 0 Å². The summed E-state index contributed by atoms with van der Waals surface area (Å²) in [5.74, 6) is 1.44. The molecule has 1 heterocycles. The zero-order valence-corrected chi connectivity index (χ0v) is 10.2. The number of pyridine rings is 1. The summed E-state index contributed by atoms with van der Waals surface area (Å²) >= 11 is 5.89. The molecule has 0 saturated carbocycles. The molecule has 88 valence electrons. The molecule has 1 aromatic carbocycles. The molecule has 0 aliphatic rings. The summed E-state index contributed by atoms with van der Waals surface area (Å²) < 4.78 is 5.79. The second-order valence-corrected chi connectivity index (χ2v) is 4.10. The lowest BCUT2D eigenvalue weighted by molar-refractivity contribution is 0.469. The number of nitrogens with zero attached hydrogens (tertiary/aromatic N) is 1. The number of ether oxygens (including phenoxy) is 1. The van der Waals surface area contributed by atoms with Crippen LogP contribution < -0.4 is 10.5 Å². The van der Waals surface area contributed by atoms with E-state index in [0.29, 0.717) is 17.3 Å². The number of rotatable bonds is 3. The molecule has 0 fully saturated rings. The first kappa shape index (κ1) is 11.9. The molecular formula is C13H13ClN2O. The zero-order chi connectivity index (χ0) is 12.3. The van der Waals surface area contributed by atoms with Crippen LogP contribution in [0.4, 0.5) is 0 Å². The van der Waals surface area contributed by atoms with Crippen LogP contribution in [-0.4, -0.2) is 4.98 Å². The monoisotopic (exact) mass is 248 g/mol. The van der Waals surface area contributed by atoms with E-state index < -0.39 is 0 Å². The van der Waals surface area contributed by atoms with Crippen LogP contribution in [0.15, 0.2) is 36.5 Å². The fourth-order valence-corrected chi connectivity index (χ4v) is 1.74. The first-order valence-corrected chi connectivity index (χ1v) is 5.66. The molecule has 1 aromatic heterocycles. The van der Waals surface area contributed by atoms with Crippen LogP contribution in [0.2, 0.25) is 5.02 Å². The maximum Gasteiger partial charge on any atom is 0.150 e. The maximum atomic E-state index is 5.89. The third-order valence-electron chi connectivity index (χ3n) is 2.40. The van der Waals surface area contributed by atoms with E-state index in [4.69, 9.17) is 22.1 Å². The Labute approximate surface area is 105 Å². The summed E-state index contributed by atoms with van der Waals surface area (Å²) in [6, 6.07) is 9.16. The Morgan fingerprint density at radius 3 is 2.82 bits per heavy atom. The lowest BCUT2D eigenvalue weighted by atomic mass is 10.2. The summed E-state index contributed by atoms with van der Waals surface area (Å²) in [6.07, 6.45) is 1.70. The van der Waals surface area contributed by atoms with E-state index in [0.717, 1.165) is 17.0 Å². The number of hydrogen-bond acceptors (Lipinski definition) is 3. The summed E-state index contributed by atoms with van der Waals surface area (Å²) in [5.41, 5.74) is 7.32. The van der Waals surface area contributed by atoms with Crippen LogP contribution in [0.25, 0.3) is 0 Å². The molecule has 0 amide bonds. The predicted octanol–water partition coefficient (Wildman–Crippen LogP) is 3.29. The SMILES string of the molecule is Cc1cc(Cl)ccc1Oc1cccnc1CN. The molecule has 0 aliphatic heterocycles. The number of hydrogen-bond donors (Lipinski definition) is 1. The summed E-state index contributed by atoms with van der Waals surface area (Å²) in [7, 11) is 0. The minimum atomic E-state index is 0.350. The second kappa shape index (κ2) is 5.17. The molecule has 3 nitrogen and oxygen atoms in total. The van der Waals surface area contributed by atoms with Gasteiger partial charge in [0.05, 0.1) is 5.69 Å². The molecule has 0 radical (unpaired) electrons. The lowest BCUT2D eigenvalue weighted by Crippen LogP contribution is -2.02. The van der Waals surface area contributed by atoms with Crippen LogP contribution in [0, 0.1) is 6.92 Å². The molecule has 0 saturated heterocycles. The fraction of sp³-hybridized carbons (Fsp3) is 0.154. The molecule has 2 aromatic rings. The Hall–Kier alpha value is -1.58. The minimum absolute atomic E-state index is 0.350. The van der Waals surface area contributed by atoms with E-state index >= 15 is 0 Å². The average molecular weight is 249 g/mol. The first-order chi connectivity index (χ1) is 8.20. The van der Waals surface area contributed by atoms with Gasteiger partial charge in [0.25, 0.3) is 0 Å². The smallest absolute Gasteiger partial charge is 0.150 e. The number of benzene rings is 1. The highest BCUT2D eigenvalue weighted by Crippen LogP contribution is 2.28. The van der Waals surface area contributed by atoms with E-state index in [2.05, 4.69) is 4.98 Å². The molecule has 4 heteroatoms. The summed E-state index contributed by atoms with van der Waals surface area (Å²) in [4.78, 5) is 4.16. The third-order valence-corrected chi connectivity index (χ3v) is 2.63. The Balaban J connectivity index is 2.31. The van der Waals surface area contributed by atoms with Crippen LogP contribution in [-0.2, 0) is 6.54 Å². The first-order valence-electron chi connectivity index (χ1n) is 5.28. The summed E-state index contributed by atoms with van der Waals surface area (Å²) in [6.45, 7) is 2.29. The van der Waals surface area contributed by atoms with Crippen LogP contribution in [0.3, 0.4) is 0 Å². The molecule has 0 aliphatic carbocycles. The lowest BCUT2D eigenvalue weighted by Gasteiger charge is -2.11. The highest BCUT2D eigenvalue weighted by molar-refractivity contribution is 6.30. The van der Waals surface area contributed by atoms with Gasteiger partial charge in [-0.15, -0.1) is 0 Å². The normalized spacial score (nSPS) is 10.3. The predicted molar refractivity (Wildman–Crippen MR) is 68.4 cm³/mol. The van der Waals surface area contributed by atoms with Gasteiger partial charge in [0, 0.05) is 17.8 Å². The molecular weight excluding hydrogens is 236 g/mol. The molecule has 0 atom stereocenters. The van der Waals surface area contributed by atoms with E-state index in [1.807, 2.05) is 31.2 Å². The standard InChI is InChI=1S/C13H13ClN2O/c1-9-7-10(14)4-5-12(9)17-13-3-2-6-16-11(13)8-15/h2-7H,8,15H2,1H3. The van der Waals surface area contributed by atoms with Crippen molar-refractivity contribution in [2.45, 2.75) is 13.5 Å². The summed E-state index contributed by atoms with van der Waals surface area (Å²) in [5, 5.41) is 0.695. The van der Waals surface area contributed by atoms with Crippen molar-refractivity contribution in [3.05, 3.63) is 52.8 Å². The van der Waals surface area contributed by atoms with Gasteiger partial charge in [0.15, 0.2) is 0 Å². The highest BCUT2D eigenvalue weighted by Gasteiger charge is 2.06. The van der Waals surface area contributed by atoms with Crippen molar-refractivity contribution in [1.82, 2.24) is 4.98 Å². The van der Waals surface area contributed by atoms with Gasteiger partial charge in [-0.25, -0.2) is 0 Å². The van der Waals surface area contributed by atoms with Crippen molar-refractivity contribution >= 4 is 11.6 Å². The third kappa shape index (κ3) is 2.75. The second-order valence-electron chi connectivity index (χ2n) is 3.66. The van der Waals surface area contributed by atoms with Crippen molar-refractivity contribution in [2.24, 2.45) is 5.73 Å². The van der Waals surface area contributed by atoms with E-state index in [1.54, 1.807) is 12.3 Å². The fourth-order valence-electron chi connectivity index (χ4n) is 1.52. The van der Waals surface area contributed by atoms with E-state index in [1.165, 1.54) is 0 Å². The van der Waals surface area contributed by atoms with Crippen LogP contribution in [0.1, 0.15) is 11.3 Å². The Morgan fingerprint density at radius 1 is 1.29 bits per heavy atom. The van der Waals surface area contributed by atoms with Gasteiger partial charge < -0.3 is 10.5 Å². The minimum Gasteiger partial charge on any atom is -0.455 e. The quantitative estimate of drug-likeness (QED) is 0.907. The molecule has 2 rings (SSSR count). The zero-order valence-electron chi connectivity index (χ0n) is 9.48. The topological polar surface area (TPSA) is 48.1 Å². The van der Waals surface area contributed by atoms with Crippen molar-refractivity contribution in [3.63, 3.8) is 0 Å². The molecule has 2 N–H and O–H groups in total. The highest BCUT2D eigenvalue weighted by atomic mass is 35.5. The Bertz CT molecular complexity index is 529. The molecule has 17 heavy (non-hydrogen) atoms. The van der Waals surface area contributed by atoms with Gasteiger partial charge in [-0.05, 0) is 42.8 Å². The van der Waals surface area contributed by atoms with Crippen molar-refractivity contribution < 1.29 is 4.74 Å². The number of nitrogens with two attached hydrogens (primary N) is 1. The van der Waals surface area contributed by atoms with Gasteiger partial charge in [-0.3, -0.25) is 4.98 Å². The average Bonchev–Trinajstić information content (AvgIpc) is 2.33. The molecule has 0 bridgehead atoms. The van der Waals surface area contributed by atoms with Crippen LogP contribution in [0.5, 0.6) is 11.5 Å². The Kier molecular flexibility index (Phi) is 3.61. The van der Waals surface area contributed by atoms with Gasteiger partial charge >= 0.3 is 0 Å². The maximum absolute atomic E-state index is 5.89. The molecule has 0 unspecified atom stereocenters. The van der Waals surface area contributed by atoms with Gasteiger partial charge in [-0.2, -0.15) is 0 Å². The largest absolute Gasteiger partial charge is 0.455 e. The number of aromatic nitrogens is 1. The Morgan fingerprint density at radius 2 is 2.12 bits per heavy atom. The van der Waals surface area contributed by atoms with Crippen molar-refractivity contribution in [3.8, 4) is 11.5 Å². The van der Waals surface area contributed by atoms with Gasteiger partial charge in [0.2, 0.25) is 0 Å². The van der Waals surface area contributed by atoms with E-state index in [-0.39, 0.29) is 0 Å². The van der Waals surface area contributed by atoms with Gasteiger partial charge in [-0.1, -0.05) is 11.6 Å².